The third-order valence-electron chi connectivity index (χ3n) is 6.86. The lowest BCUT2D eigenvalue weighted by molar-refractivity contribution is 0.207. The molecule has 0 saturated carbocycles. The lowest BCUT2D eigenvalue weighted by atomic mass is 9.90. The number of aromatic amines is 1. The smallest absolute Gasteiger partial charge is 0.351 e. The van der Waals surface area contributed by atoms with E-state index in [2.05, 4.69) is 76.8 Å². The third kappa shape index (κ3) is 5.03. The Labute approximate surface area is 218 Å². The summed E-state index contributed by atoms with van der Waals surface area (Å²) in [5.41, 5.74) is 5.55. The summed E-state index contributed by atoms with van der Waals surface area (Å²) in [7, 11) is -1.41. The monoisotopic (exact) mass is 515 g/mol. The van der Waals surface area contributed by atoms with E-state index in [9.17, 15) is 4.57 Å². The summed E-state index contributed by atoms with van der Waals surface area (Å²) in [6.45, 7) is 4.84. The van der Waals surface area contributed by atoms with Crippen LogP contribution in [-0.4, -0.2) is 29.3 Å². The minimum absolute atomic E-state index is 0.00911. The summed E-state index contributed by atoms with van der Waals surface area (Å²) in [4.78, 5) is 3.44. The van der Waals surface area contributed by atoms with Crippen molar-refractivity contribution in [2.75, 3.05) is 19.8 Å². The van der Waals surface area contributed by atoms with Crippen LogP contribution in [0.2, 0.25) is 0 Å². The van der Waals surface area contributed by atoms with Gasteiger partial charge in [-0.3, -0.25) is 9.88 Å². The third-order valence-corrected chi connectivity index (χ3v) is 9.21. The Morgan fingerprint density at radius 1 is 0.865 bits per heavy atom. The molecule has 0 bridgehead atoms. The van der Waals surface area contributed by atoms with Crippen molar-refractivity contribution >= 4 is 29.4 Å². The predicted octanol–water partition coefficient (Wildman–Crippen LogP) is 7.35. The van der Waals surface area contributed by atoms with Crippen LogP contribution in [0.4, 0.5) is 0 Å². The van der Waals surface area contributed by atoms with Crippen LogP contribution < -0.4 is 5.32 Å². The number of aryl methyl sites for hydroxylation is 1. The number of H-pyrrole nitrogens is 1. The number of benzene rings is 3. The van der Waals surface area contributed by atoms with Gasteiger partial charge in [-0.05, 0) is 42.7 Å². The molecule has 2 atom stereocenters. The molecule has 0 radical (unpaired) electrons. The average molecular weight is 516 g/mol. The molecular weight excluding hydrogens is 481 g/mol. The first kappa shape index (κ1) is 25.5. The zero-order valence-corrected chi connectivity index (χ0v) is 22.4. The minimum Gasteiger partial charge on any atom is -0.361 e. The Morgan fingerprint density at radius 2 is 1.51 bits per heavy atom. The molecule has 6 nitrogen and oxygen atoms in total. The van der Waals surface area contributed by atoms with E-state index in [-0.39, 0.29) is 5.92 Å². The summed E-state index contributed by atoms with van der Waals surface area (Å²) >= 11 is 0. The molecule has 37 heavy (non-hydrogen) atoms. The van der Waals surface area contributed by atoms with Crippen molar-refractivity contribution < 1.29 is 13.6 Å². The van der Waals surface area contributed by atoms with E-state index in [4.69, 9.17) is 9.05 Å². The van der Waals surface area contributed by atoms with E-state index in [0.29, 0.717) is 19.8 Å². The summed E-state index contributed by atoms with van der Waals surface area (Å²) in [5, 5.41) is 6.02. The van der Waals surface area contributed by atoms with Crippen molar-refractivity contribution in [2.24, 2.45) is 7.05 Å². The normalized spacial score (nSPS) is 13.8. The van der Waals surface area contributed by atoms with Crippen molar-refractivity contribution in [3.8, 4) is 0 Å². The fraction of sp³-hybridized carbons (Fsp3) is 0.267. The highest BCUT2D eigenvalue weighted by Gasteiger charge is 2.37. The largest absolute Gasteiger partial charge is 0.361 e. The number of rotatable bonds is 11. The van der Waals surface area contributed by atoms with Gasteiger partial charge in [0.25, 0.3) is 0 Å². The predicted molar refractivity (Wildman–Crippen MR) is 151 cm³/mol. The minimum atomic E-state index is -3.49. The number of para-hydroxylation sites is 2. The maximum atomic E-state index is 14.1. The summed E-state index contributed by atoms with van der Waals surface area (Å²) in [6, 6.07) is 26.6. The number of nitrogens with one attached hydrogen (secondary N) is 2. The van der Waals surface area contributed by atoms with Gasteiger partial charge in [-0.1, -0.05) is 66.7 Å². The molecule has 5 rings (SSSR count). The van der Waals surface area contributed by atoms with Crippen LogP contribution in [0.15, 0.2) is 91.3 Å². The zero-order valence-electron chi connectivity index (χ0n) is 21.6. The molecule has 2 N–H and O–H groups in total. The van der Waals surface area contributed by atoms with Crippen LogP contribution >= 0.6 is 7.60 Å². The molecule has 0 aliphatic rings. The lowest BCUT2D eigenvalue weighted by Gasteiger charge is -2.29. The van der Waals surface area contributed by atoms with Gasteiger partial charge in [0.15, 0.2) is 0 Å². The van der Waals surface area contributed by atoms with Gasteiger partial charge in [0.05, 0.1) is 13.2 Å². The van der Waals surface area contributed by atoms with Gasteiger partial charge < -0.3 is 18.6 Å². The van der Waals surface area contributed by atoms with Crippen molar-refractivity contribution in [2.45, 2.75) is 25.5 Å². The van der Waals surface area contributed by atoms with Gasteiger partial charge in [0.2, 0.25) is 0 Å². The topological polar surface area (TPSA) is 68.3 Å². The molecule has 192 valence electrons. The van der Waals surface area contributed by atoms with Gasteiger partial charge in [0.1, 0.15) is 5.78 Å². The van der Waals surface area contributed by atoms with Gasteiger partial charge in [-0.25, -0.2) is 0 Å². The second-order valence-electron chi connectivity index (χ2n) is 9.15. The molecule has 2 heterocycles. The molecule has 0 aliphatic heterocycles. The van der Waals surface area contributed by atoms with Crippen molar-refractivity contribution in [3.05, 3.63) is 108 Å². The van der Waals surface area contributed by atoms with Crippen molar-refractivity contribution in [3.63, 3.8) is 0 Å². The Kier molecular flexibility index (Phi) is 7.63. The van der Waals surface area contributed by atoms with Gasteiger partial charge in [-0.2, -0.15) is 0 Å². The fourth-order valence-electron chi connectivity index (χ4n) is 5.24. The molecule has 5 aromatic rings. The fourth-order valence-corrected chi connectivity index (χ4v) is 7.20. The first-order valence-corrected chi connectivity index (χ1v) is 14.4. The van der Waals surface area contributed by atoms with Gasteiger partial charge in [-0.15, -0.1) is 0 Å². The number of nitrogens with zero attached hydrogens (tertiary/aromatic N) is 1. The lowest BCUT2D eigenvalue weighted by Crippen LogP contribution is -2.28. The Bertz CT molecular complexity index is 1520. The zero-order chi connectivity index (χ0) is 25.8. The molecular formula is C30H34N3O3P. The first-order valence-electron chi connectivity index (χ1n) is 12.8. The van der Waals surface area contributed by atoms with Gasteiger partial charge >= 0.3 is 7.60 Å². The first-order chi connectivity index (χ1) is 18.1. The Morgan fingerprint density at radius 3 is 2.24 bits per heavy atom. The van der Waals surface area contributed by atoms with Crippen LogP contribution in [0.25, 0.3) is 21.8 Å². The van der Waals surface area contributed by atoms with E-state index in [0.717, 1.165) is 11.1 Å². The standard InChI is InChI=1S/C30H34N3O3P/c1-4-35-37(34,36-5-2)30(22-13-7-6-8-14-22)32-20-26(25-19-31-28-17-11-9-15-23(25)28)27-21-33(3)29-18-12-10-16-24(27)29/h6-19,21,26,30-32H,4-5,20H2,1-3H3. The highest BCUT2D eigenvalue weighted by molar-refractivity contribution is 7.54. The van der Waals surface area contributed by atoms with Crippen LogP contribution in [-0.2, 0) is 20.7 Å². The molecule has 0 spiro atoms. The molecule has 7 heteroatoms. The molecule has 0 aliphatic carbocycles. The molecule has 0 fully saturated rings. The van der Waals surface area contributed by atoms with Crippen LogP contribution in [0.3, 0.4) is 0 Å². The summed E-state index contributed by atoms with van der Waals surface area (Å²) in [5.74, 6) is -0.610. The van der Waals surface area contributed by atoms with E-state index >= 15 is 0 Å². The molecule has 3 aromatic carbocycles. The Hall–Kier alpha value is -3.15. The summed E-state index contributed by atoms with van der Waals surface area (Å²) in [6.07, 6.45) is 4.31. The molecule has 2 aromatic heterocycles. The maximum absolute atomic E-state index is 14.1. The van der Waals surface area contributed by atoms with E-state index in [1.165, 1.54) is 27.4 Å². The van der Waals surface area contributed by atoms with Crippen molar-refractivity contribution in [1.82, 2.24) is 14.9 Å². The van der Waals surface area contributed by atoms with Crippen LogP contribution in [0.1, 0.15) is 42.2 Å². The highest BCUT2D eigenvalue weighted by atomic mass is 31.2. The molecule has 2 unspecified atom stereocenters. The van der Waals surface area contributed by atoms with E-state index < -0.39 is 13.4 Å². The van der Waals surface area contributed by atoms with Gasteiger partial charge in [0, 0.05) is 53.7 Å². The quantitative estimate of drug-likeness (QED) is 0.181. The maximum Gasteiger partial charge on any atom is 0.351 e. The second-order valence-corrected chi connectivity index (χ2v) is 11.3. The number of fused-ring (bicyclic) bond motifs is 2. The SMILES string of the molecule is CCOP(=O)(OCC)C(NCC(c1c[nH]c2ccccc12)c1cn(C)c2ccccc12)c1ccccc1. The summed E-state index contributed by atoms with van der Waals surface area (Å²) < 4.78 is 27.9. The number of hydrogen-bond acceptors (Lipinski definition) is 4. The Balaban J connectivity index is 1.60. The number of hydrogen-bond donors (Lipinski definition) is 2. The van der Waals surface area contributed by atoms with Crippen molar-refractivity contribution in [1.29, 1.82) is 0 Å². The van der Waals surface area contributed by atoms with E-state index in [1.807, 2.05) is 50.2 Å². The molecule has 0 saturated heterocycles. The molecule has 0 amide bonds. The van der Waals surface area contributed by atoms with Crippen LogP contribution in [0, 0.1) is 0 Å². The van der Waals surface area contributed by atoms with Crippen LogP contribution in [0.5, 0.6) is 0 Å². The second kappa shape index (κ2) is 11.1. The average Bonchev–Trinajstić information content (AvgIpc) is 3.49. The highest BCUT2D eigenvalue weighted by Crippen LogP contribution is 2.59. The van der Waals surface area contributed by atoms with E-state index in [1.54, 1.807) is 0 Å². The number of aromatic nitrogens is 2.